The van der Waals surface area contributed by atoms with Gasteiger partial charge in [-0.1, -0.05) is 108 Å². The van der Waals surface area contributed by atoms with Gasteiger partial charge in [-0.25, -0.2) is 38.4 Å². The van der Waals surface area contributed by atoms with Gasteiger partial charge in [0.2, 0.25) is 0 Å². The van der Waals surface area contributed by atoms with Crippen LogP contribution in [0.3, 0.4) is 0 Å². The lowest BCUT2D eigenvalue weighted by Gasteiger charge is -2.45. The van der Waals surface area contributed by atoms with Crippen LogP contribution >= 0.6 is 34.8 Å². The Morgan fingerprint density at radius 2 is 0.842 bits per heavy atom. The summed E-state index contributed by atoms with van der Waals surface area (Å²) in [5.41, 5.74) is -6.52. The fourth-order valence-corrected chi connectivity index (χ4v) is 20.5. The number of halogens is 15. The van der Waals surface area contributed by atoms with E-state index in [0.29, 0.717) is 37.9 Å². The van der Waals surface area contributed by atoms with Crippen LogP contribution in [-0.4, -0.2) is 105 Å². The lowest BCUT2D eigenvalue weighted by atomic mass is 9.98. The van der Waals surface area contributed by atoms with Gasteiger partial charge in [-0.2, -0.15) is 39.5 Å². The molecule has 0 aromatic heterocycles. The van der Waals surface area contributed by atoms with Gasteiger partial charge < -0.3 is 29.6 Å². The lowest BCUT2D eigenvalue weighted by Crippen LogP contribution is -2.51. The molecule has 0 radical (unpaired) electrons. The molecule has 120 heavy (non-hydrogen) atoms. The van der Waals surface area contributed by atoms with Crippen molar-refractivity contribution in [1.82, 2.24) is 0 Å². The van der Waals surface area contributed by atoms with Crippen LogP contribution in [0, 0.1) is 17.5 Å². The second-order valence-corrected chi connectivity index (χ2v) is 35.4. The number of carboxylic acids is 2. The zero-order valence-electron chi connectivity index (χ0n) is 63.5. The van der Waals surface area contributed by atoms with Crippen molar-refractivity contribution in [3.05, 3.63) is 264 Å². The molecule has 36 heteroatoms. The number of ether oxygens (including phenoxy) is 1. The number of esters is 1. The maximum atomic E-state index is 16.2. The number of carbonyl (C=O) groups excluding carboxylic acids is 1. The minimum absolute atomic E-state index is 0.0132. The first-order chi connectivity index (χ1) is 56.4. The number of carboxylic acid groups (broad SMARTS) is 2. The van der Waals surface area contributed by atoms with Gasteiger partial charge in [0, 0.05) is 74.2 Å². The Kier molecular flexibility index (Phi) is 25.7. The molecule has 0 saturated heterocycles. The van der Waals surface area contributed by atoms with E-state index in [-0.39, 0.29) is 95.8 Å². The first kappa shape index (κ1) is 88.6. The number of alkyl halides is 9. The highest BCUT2D eigenvalue weighted by Gasteiger charge is 2.46. The molecule has 0 saturated carbocycles. The minimum Gasteiger partial charge on any atom is -0.481 e. The quantitative estimate of drug-likeness (QED) is 0.0308. The molecule has 0 spiro atoms. The Balaban J connectivity index is 0.966. The van der Waals surface area contributed by atoms with E-state index in [1.54, 1.807) is 24.9 Å². The number of aliphatic carboxylic acids is 2. The SMILES string of the molecule is COC(=O)CC[C@H]1CN(S(=O)(=O)c2ccc(CN3c4ccc(/C=C(\C)c5c(F)cccc5Cl)cc4N(S(=O)(=O)c4ccc(CN5c6ccc(/C=C/c7c(F)cccc7Cl)cc6N(S(=O)(=O)c6cccc(C(F)(F)F)c6)C[C@@H]5CCC(=O)O)c(C(F)(F)F)c4)C[C@@H]3CCC(=O)O)c(C(F)(F)F)c2)c2cc(/C=C(\C)c3c(F)cccc3Cl)ccc2N1C. The highest BCUT2D eigenvalue weighted by molar-refractivity contribution is 7.93. The first-order valence-corrected chi connectivity index (χ1v) is 42.0. The smallest absolute Gasteiger partial charge is 0.416 e. The summed E-state index contributed by atoms with van der Waals surface area (Å²) >= 11 is 19.2. The molecule has 2 N–H and O–H groups in total. The number of rotatable bonds is 25. The standard InChI is InChI=1S/C84H71Cl3F12N6O12S3/c1-48(80-66(86)12-7-15-69(80)89)35-51-19-29-71-74(38-51)103(45-56(100(71)3)25-34-79(110)117-4)119(113,114)60-26-21-54(63(41-60)83(94,95)96)44-102-58(24-33-78(108)109)47-105(76-39-52(20-31-73(76)102)36-49(2)81-67(87)13-8-16-70(81)90)120(115,116)61-27-22-53(64(42-61)84(97,98)99)43-101-57(23-32-77(106)107)46-104(118(111,112)59-10-5-9-55(40-59)82(91,92)93)75-37-50(18-30-72(75)101)17-28-62-65(85)11-6-14-68(62)88/h5-22,26-31,35-42,56-58H,23-25,32-34,43-47H2,1-4H3,(H,106,107)(H,108,109)/b28-17+,48-35+,49-36+/t56-,57-,58-/m0/s1. The predicted molar refractivity (Wildman–Crippen MR) is 435 cm³/mol. The molecule has 0 aliphatic carbocycles. The fraction of sp³-hybridized carbons (Fsp3) is 0.250. The van der Waals surface area contributed by atoms with Crippen LogP contribution in [0.4, 0.5) is 86.8 Å². The first-order valence-electron chi connectivity index (χ1n) is 36.6. The van der Waals surface area contributed by atoms with Crippen molar-refractivity contribution in [3.8, 4) is 0 Å². The summed E-state index contributed by atoms with van der Waals surface area (Å²) in [4.78, 5) is 38.7. The number of methoxy groups -OCH3 is 1. The molecular weight excluding hydrogens is 1720 g/mol. The van der Waals surface area contributed by atoms with Gasteiger partial charge in [0.25, 0.3) is 30.1 Å². The van der Waals surface area contributed by atoms with E-state index in [1.165, 1.54) is 132 Å². The van der Waals surface area contributed by atoms with Crippen LogP contribution in [0.15, 0.2) is 185 Å². The van der Waals surface area contributed by atoms with Gasteiger partial charge in [-0.3, -0.25) is 27.3 Å². The number of hydrogen-bond donors (Lipinski definition) is 2. The lowest BCUT2D eigenvalue weighted by molar-refractivity contribution is -0.141. The third kappa shape index (κ3) is 18.7. The van der Waals surface area contributed by atoms with Crippen molar-refractivity contribution >= 4 is 152 Å². The maximum Gasteiger partial charge on any atom is 0.416 e. The number of hydrogen-bond acceptors (Lipinski definition) is 13. The Bertz CT molecular complexity index is 5960. The van der Waals surface area contributed by atoms with E-state index in [1.807, 2.05) is 0 Å². The van der Waals surface area contributed by atoms with Crippen LogP contribution < -0.4 is 27.6 Å². The molecule has 9 aromatic rings. The summed E-state index contributed by atoms with van der Waals surface area (Å²) in [6, 6.07) is 26.3. The number of carbonyl (C=O) groups is 3. The zero-order chi connectivity index (χ0) is 87.2. The van der Waals surface area contributed by atoms with Gasteiger partial charge in [-0.05, 0) is 193 Å². The number of sulfonamides is 3. The molecular formula is C84H71Cl3F12N6O12S3. The predicted octanol–water partition coefficient (Wildman–Crippen LogP) is 20.3. The van der Waals surface area contributed by atoms with Crippen LogP contribution in [0.2, 0.25) is 15.1 Å². The summed E-state index contributed by atoms with van der Waals surface area (Å²) in [5, 5.41) is 20.2. The van der Waals surface area contributed by atoms with Crippen LogP contribution in [-0.2, 0) is 80.8 Å². The molecule has 3 atom stereocenters. The van der Waals surface area contributed by atoms with E-state index in [4.69, 9.17) is 39.5 Å². The average Bonchev–Trinajstić information content (AvgIpc) is 0.741. The summed E-state index contributed by atoms with van der Waals surface area (Å²) < 4.78 is 285. The van der Waals surface area contributed by atoms with E-state index < -0.39 is 209 Å². The molecule has 632 valence electrons. The number of fused-ring (bicyclic) bond motifs is 3. The van der Waals surface area contributed by atoms with Crippen molar-refractivity contribution in [3.63, 3.8) is 0 Å². The van der Waals surface area contributed by atoms with E-state index in [9.17, 15) is 46.2 Å². The molecule has 0 bridgehead atoms. The molecule has 18 nitrogen and oxygen atoms in total. The van der Waals surface area contributed by atoms with Crippen LogP contribution in [0.5, 0.6) is 0 Å². The Morgan fingerprint density at radius 3 is 1.27 bits per heavy atom. The summed E-state index contributed by atoms with van der Waals surface area (Å²) in [6.07, 6.45) is -13.6. The molecule has 3 aliphatic rings. The van der Waals surface area contributed by atoms with Crippen molar-refractivity contribution in [2.75, 3.05) is 61.4 Å². The van der Waals surface area contributed by atoms with E-state index in [2.05, 4.69) is 0 Å². The maximum absolute atomic E-state index is 16.2. The number of anilines is 6. The van der Waals surface area contributed by atoms with Gasteiger partial charge in [-0.15, -0.1) is 0 Å². The van der Waals surface area contributed by atoms with E-state index >= 15 is 56.3 Å². The normalized spacial score (nSPS) is 16.4. The highest BCUT2D eigenvalue weighted by atomic mass is 35.5. The van der Waals surface area contributed by atoms with Gasteiger partial charge in [0.15, 0.2) is 0 Å². The van der Waals surface area contributed by atoms with Crippen LogP contribution in [0.1, 0.15) is 114 Å². The second kappa shape index (κ2) is 34.8. The molecule has 9 aromatic carbocycles. The molecule has 12 rings (SSSR count). The monoisotopic (exact) mass is 1780 g/mol. The highest BCUT2D eigenvalue weighted by Crippen LogP contribution is 2.49. The topological polar surface area (TPSA) is 223 Å². The number of benzene rings is 9. The van der Waals surface area contributed by atoms with Crippen molar-refractivity contribution < 1.29 is 107 Å². The van der Waals surface area contributed by atoms with Crippen molar-refractivity contribution in [2.24, 2.45) is 0 Å². The number of nitrogens with zero attached hydrogens (tertiary/aromatic N) is 6. The third-order valence-corrected chi connectivity index (χ3v) is 27.2. The Labute approximate surface area is 697 Å². The van der Waals surface area contributed by atoms with Crippen LogP contribution in [0.25, 0.3) is 35.5 Å². The summed E-state index contributed by atoms with van der Waals surface area (Å²) in [6.45, 7) is -1.09. The number of allylic oxidation sites excluding steroid dienone is 2. The molecule has 3 aliphatic heterocycles. The fourth-order valence-electron chi connectivity index (χ4n) is 15.0. The minimum atomic E-state index is -5.52. The Hall–Kier alpha value is -10.7. The third-order valence-electron chi connectivity index (χ3n) is 21.0. The molecule has 3 heterocycles. The molecule has 0 amide bonds. The van der Waals surface area contributed by atoms with Crippen molar-refractivity contribution in [2.45, 2.75) is 117 Å². The van der Waals surface area contributed by atoms with Gasteiger partial charge in [0.05, 0.1) is 107 Å². The van der Waals surface area contributed by atoms with Gasteiger partial charge in [0.1, 0.15) is 17.5 Å². The summed E-state index contributed by atoms with van der Waals surface area (Å²) in [7, 11) is -13.0. The second-order valence-electron chi connectivity index (χ2n) is 28.6. The zero-order valence-corrected chi connectivity index (χ0v) is 68.3. The average molecular weight is 1790 g/mol. The number of likely N-dealkylation sites (N-methyl/N-ethyl adjacent to an activating group) is 1. The molecule has 0 fully saturated rings. The van der Waals surface area contributed by atoms with Crippen molar-refractivity contribution in [1.29, 1.82) is 0 Å². The Morgan fingerprint density at radius 1 is 0.450 bits per heavy atom. The van der Waals surface area contributed by atoms with Gasteiger partial charge >= 0.3 is 36.4 Å². The molecule has 0 unspecified atom stereocenters. The summed E-state index contributed by atoms with van der Waals surface area (Å²) in [5.74, 6) is -5.88. The van der Waals surface area contributed by atoms with E-state index in [0.717, 1.165) is 59.9 Å². The largest absolute Gasteiger partial charge is 0.481 e.